The van der Waals surface area contributed by atoms with Crippen LogP contribution >= 0.6 is 23.2 Å². The highest BCUT2D eigenvalue weighted by molar-refractivity contribution is 7.89. The van der Waals surface area contributed by atoms with Crippen LogP contribution in [0.1, 0.15) is 17.5 Å². The molecule has 0 unspecified atom stereocenters. The highest BCUT2D eigenvalue weighted by Crippen LogP contribution is 2.34. The van der Waals surface area contributed by atoms with Crippen molar-refractivity contribution in [1.82, 2.24) is 15.0 Å². The summed E-state index contributed by atoms with van der Waals surface area (Å²) in [6.07, 6.45) is 2.83. The number of carbonyl (C=O) groups excluding carboxylic acids is 1. The van der Waals surface area contributed by atoms with Gasteiger partial charge < -0.3 is 15.2 Å². The van der Waals surface area contributed by atoms with Crippen molar-refractivity contribution < 1.29 is 13.2 Å². The number of nitrogens with zero attached hydrogens (tertiary/aromatic N) is 1. The van der Waals surface area contributed by atoms with E-state index in [0.717, 1.165) is 36.0 Å². The third-order valence-corrected chi connectivity index (χ3v) is 7.95. The zero-order valence-corrected chi connectivity index (χ0v) is 18.7. The minimum atomic E-state index is -3.89. The van der Waals surface area contributed by atoms with Gasteiger partial charge in [0, 0.05) is 30.2 Å². The van der Waals surface area contributed by atoms with Gasteiger partial charge in [-0.1, -0.05) is 23.2 Å². The zero-order valence-electron chi connectivity index (χ0n) is 16.4. The van der Waals surface area contributed by atoms with E-state index in [-0.39, 0.29) is 10.8 Å². The van der Waals surface area contributed by atoms with E-state index < -0.39 is 16.1 Å². The van der Waals surface area contributed by atoms with Gasteiger partial charge in [-0.05, 0) is 60.8 Å². The number of fused-ring (bicyclic) bond motifs is 2. The maximum Gasteiger partial charge on any atom is 0.245 e. The Morgan fingerprint density at radius 3 is 2.77 bits per heavy atom. The summed E-state index contributed by atoms with van der Waals surface area (Å²) >= 11 is 12.5. The van der Waals surface area contributed by atoms with Gasteiger partial charge in [-0.2, -0.15) is 4.72 Å². The average molecular weight is 479 g/mol. The summed E-state index contributed by atoms with van der Waals surface area (Å²) in [5.41, 5.74) is 3.54. The molecule has 2 aromatic carbocycles. The number of benzene rings is 2. The minimum Gasteiger partial charge on any atom is -0.360 e. The van der Waals surface area contributed by atoms with Crippen molar-refractivity contribution in [2.45, 2.75) is 30.3 Å². The quantitative estimate of drug-likeness (QED) is 0.536. The van der Waals surface area contributed by atoms with Gasteiger partial charge in [-0.25, -0.2) is 8.42 Å². The van der Waals surface area contributed by atoms with Gasteiger partial charge in [0.1, 0.15) is 6.04 Å². The summed E-state index contributed by atoms with van der Waals surface area (Å²) in [6.45, 7) is 2.02. The van der Waals surface area contributed by atoms with Crippen LogP contribution in [0.5, 0.6) is 0 Å². The number of aromatic amines is 1. The molecule has 31 heavy (non-hydrogen) atoms. The first-order valence-corrected chi connectivity index (χ1v) is 12.2. The number of halogens is 2. The number of hydrogen-bond donors (Lipinski definition) is 3. The Labute approximate surface area is 189 Å². The van der Waals surface area contributed by atoms with Gasteiger partial charge >= 0.3 is 0 Å². The van der Waals surface area contributed by atoms with Crippen LogP contribution in [0, 0.1) is 0 Å². The fourth-order valence-corrected chi connectivity index (χ4v) is 5.97. The maximum atomic E-state index is 13.1. The van der Waals surface area contributed by atoms with Crippen molar-refractivity contribution in [2.24, 2.45) is 0 Å². The number of amides is 1. The van der Waals surface area contributed by atoms with E-state index in [4.69, 9.17) is 23.2 Å². The summed E-state index contributed by atoms with van der Waals surface area (Å²) in [5.74, 6) is -0.302. The van der Waals surface area contributed by atoms with Crippen LogP contribution in [-0.4, -0.2) is 38.4 Å². The maximum absolute atomic E-state index is 13.1. The lowest BCUT2D eigenvalue weighted by Gasteiger charge is -2.23. The fourth-order valence-electron chi connectivity index (χ4n) is 4.22. The van der Waals surface area contributed by atoms with Crippen molar-refractivity contribution in [3.8, 4) is 0 Å². The molecule has 0 radical (unpaired) electrons. The van der Waals surface area contributed by atoms with Crippen molar-refractivity contribution in [3.05, 3.63) is 57.7 Å². The van der Waals surface area contributed by atoms with Crippen LogP contribution in [-0.2, 0) is 27.8 Å². The molecule has 0 saturated carbocycles. The highest BCUT2D eigenvalue weighted by atomic mass is 35.5. The number of hydrogen-bond acceptors (Lipinski definition) is 4. The molecule has 3 N–H and O–H groups in total. The third kappa shape index (κ3) is 3.72. The van der Waals surface area contributed by atoms with Crippen molar-refractivity contribution >= 4 is 55.7 Å². The minimum absolute atomic E-state index is 0.0732. The van der Waals surface area contributed by atoms with E-state index in [1.807, 2.05) is 12.1 Å². The topological polar surface area (TPSA) is 94.3 Å². The molecular formula is C21H20Cl2N4O3S. The van der Waals surface area contributed by atoms with E-state index in [0.29, 0.717) is 34.2 Å². The first-order valence-electron chi connectivity index (χ1n) is 9.96. The Morgan fingerprint density at radius 1 is 1.10 bits per heavy atom. The lowest BCUT2D eigenvalue weighted by molar-refractivity contribution is -0.118. The normalized spacial score (nSPS) is 19.2. The summed E-state index contributed by atoms with van der Waals surface area (Å²) in [6, 6.07) is 7.63. The second-order valence-corrected chi connectivity index (χ2v) is 10.3. The molecule has 10 heteroatoms. The first-order chi connectivity index (χ1) is 14.8. The van der Waals surface area contributed by atoms with Gasteiger partial charge in [-0.3, -0.25) is 4.79 Å². The third-order valence-electron chi connectivity index (χ3n) is 5.86. The monoisotopic (exact) mass is 478 g/mol. The predicted octanol–water partition coefficient (Wildman–Crippen LogP) is 3.20. The van der Waals surface area contributed by atoms with Crippen molar-refractivity contribution in [1.29, 1.82) is 0 Å². The lowest BCUT2D eigenvalue weighted by Crippen LogP contribution is -2.41. The van der Waals surface area contributed by atoms with E-state index in [1.165, 1.54) is 12.1 Å². The Bertz CT molecular complexity index is 1310. The summed E-state index contributed by atoms with van der Waals surface area (Å²) in [4.78, 5) is 17.6. The number of carbonyl (C=O) groups is 1. The van der Waals surface area contributed by atoms with Crippen LogP contribution in [0.15, 0.2) is 41.4 Å². The summed E-state index contributed by atoms with van der Waals surface area (Å²) in [7, 11) is -3.89. The molecule has 0 bridgehead atoms. The van der Waals surface area contributed by atoms with Crippen molar-refractivity contribution in [3.63, 3.8) is 0 Å². The zero-order chi connectivity index (χ0) is 21.8. The number of aromatic nitrogens is 1. The number of H-pyrrole nitrogens is 1. The molecule has 1 fully saturated rings. The molecule has 0 aliphatic carbocycles. The molecule has 5 rings (SSSR count). The Hall–Kier alpha value is -2.10. The summed E-state index contributed by atoms with van der Waals surface area (Å²) < 4.78 is 28.4. The number of anilines is 1. The Kier molecular flexibility index (Phi) is 5.22. The van der Waals surface area contributed by atoms with E-state index in [1.54, 1.807) is 17.2 Å². The standard InChI is InChI=1S/C21H20Cl2N4O3S/c22-16-7-13-10-24-5-3-12(13)8-20(16)27-6-4-18(21(27)28)26-31(29,30)14-1-2-15-17(23)11-25-19(15)9-14/h1-2,7-9,11,18,24-26H,3-6,10H2/t18-/m0/s1. The molecule has 2 aliphatic heterocycles. The smallest absolute Gasteiger partial charge is 0.245 e. The largest absolute Gasteiger partial charge is 0.360 e. The van der Waals surface area contributed by atoms with Gasteiger partial charge in [0.15, 0.2) is 0 Å². The number of rotatable bonds is 4. The molecule has 3 heterocycles. The Balaban J connectivity index is 1.38. The SMILES string of the molecule is O=C1[C@@H](NS(=O)(=O)c2ccc3c(Cl)c[nH]c3c2)CCN1c1cc2c(cc1Cl)CNCC2. The second kappa shape index (κ2) is 7.79. The van der Waals surface area contributed by atoms with E-state index in [2.05, 4.69) is 15.0 Å². The van der Waals surface area contributed by atoms with Gasteiger partial charge in [0.2, 0.25) is 15.9 Å². The van der Waals surface area contributed by atoms with Crippen LogP contribution in [0.25, 0.3) is 10.9 Å². The lowest BCUT2D eigenvalue weighted by atomic mass is 10.00. The molecule has 2 aliphatic rings. The highest BCUT2D eigenvalue weighted by Gasteiger charge is 2.37. The molecule has 7 nitrogen and oxygen atoms in total. The van der Waals surface area contributed by atoms with Crippen molar-refractivity contribution in [2.75, 3.05) is 18.0 Å². The number of sulfonamides is 1. The fraction of sp³-hybridized carbons (Fsp3) is 0.286. The molecule has 1 saturated heterocycles. The molecule has 3 aromatic rings. The molecule has 1 atom stereocenters. The van der Waals surface area contributed by atoms with E-state index in [9.17, 15) is 13.2 Å². The van der Waals surface area contributed by atoms with Crippen LogP contribution < -0.4 is 14.9 Å². The predicted molar refractivity (Wildman–Crippen MR) is 121 cm³/mol. The van der Waals surface area contributed by atoms with E-state index >= 15 is 0 Å². The van der Waals surface area contributed by atoms with Gasteiger partial charge in [0.25, 0.3) is 0 Å². The molecule has 162 valence electrons. The molecule has 1 amide bonds. The van der Waals surface area contributed by atoms with Gasteiger partial charge in [0.05, 0.1) is 20.6 Å². The molecule has 0 spiro atoms. The summed E-state index contributed by atoms with van der Waals surface area (Å²) in [5, 5.41) is 5.05. The number of nitrogens with one attached hydrogen (secondary N) is 3. The second-order valence-electron chi connectivity index (χ2n) is 7.80. The van der Waals surface area contributed by atoms with Crippen LogP contribution in [0.2, 0.25) is 10.0 Å². The Morgan fingerprint density at radius 2 is 1.94 bits per heavy atom. The van der Waals surface area contributed by atoms with Crippen LogP contribution in [0.4, 0.5) is 5.69 Å². The first kappa shape index (κ1) is 20.8. The average Bonchev–Trinajstić information content (AvgIpc) is 3.30. The van der Waals surface area contributed by atoms with Crippen LogP contribution in [0.3, 0.4) is 0 Å². The van der Waals surface area contributed by atoms with Gasteiger partial charge in [-0.15, -0.1) is 0 Å². The molecular weight excluding hydrogens is 459 g/mol. The molecule has 1 aromatic heterocycles.